The Morgan fingerprint density at radius 1 is 0.760 bits per heavy atom. The number of carbonyl (C=O) groups excluding carboxylic acids is 2. The molecule has 2 aromatic heterocycles. The predicted molar refractivity (Wildman–Crippen MR) is 87.0 cm³/mol. The van der Waals surface area contributed by atoms with Gasteiger partial charge in [0.2, 0.25) is 0 Å². The number of amides is 2. The number of hydrogen-bond donors (Lipinski definition) is 2. The number of nitrogens with one attached hydrogen (secondary N) is 2. The first kappa shape index (κ1) is 22.8. The van der Waals surface area contributed by atoms with Gasteiger partial charge in [-0.15, -0.1) is 0 Å². The molecule has 0 spiro atoms. The van der Waals surface area contributed by atoms with Crippen molar-refractivity contribution < 1.29 is 34.4 Å². The topological polar surface area (TPSA) is 84.0 Å². The largest absolute Gasteiger partial charge is 1.00 e. The normalized spacial score (nSPS) is 9.28. The van der Waals surface area contributed by atoms with Crippen molar-refractivity contribution in [1.29, 1.82) is 0 Å². The van der Waals surface area contributed by atoms with Crippen LogP contribution in [0.5, 0.6) is 0 Å². The summed E-state index contributed by atoms with van der Waals surface area (Å²) in [4.78, 5) is 31.4. The van der Waals surface area contributed by atoms with Gasteiger partial charge in [0.15, 0.2) is 0 Å². The van der Waals surface area contributed by atoms with E-state index in [1.54, 1.807) is 49.1 Å². The van der Waals surface area contributed by atoms with Gasteiger partial charge >= 0.3 is 0 Å². The van der Waals surface area contributed by atoms with Gasteiger partial charge in [0.25, 0.3) is 11.8 Å². The van der Waals surface area contributed by atoms with E-state index in [1.165, 1.54) is 0 Å². The Balaban J connectivity index is 0.00000288. The molecule has 0 aromatic carbocycles. The molecule has 0 atom stereocenters. The Bertz CT molecular complexity index is 572. The molecule has 2 amide bonds. The minimum atomic E-state index is -0.108. The molecule has 2 aromatic rings. The van der Waals surface area contributed by atoms with E-state index in [4.69, 9.17) is 0 Å². The van der Waals surface area contributed by atoms with Crippen LogP contribution >= 0.6 is 0 Å². The lowest BCUT2D eigenvalue weighted by atomic mass is 10.2. The van der Waals surface area contributed by atoms with E-state index in [9.17, 15) is 9.59 Å². The number of rotatable bonds is 8. The highest BCUT2D eigenvalue weighted by Gasteiger charge is 2.04. The maximum atomic E-state index is 11.8. The summed E-state index contributed by atoms with van der Waals surface area (Å²) in [6, 6.07) is 6.94. The molecule has 6 nitrogen and oxygen atoms in total. The zero-order valence-electron chi connectivity index (χ0n) is 13.6. The van der Waals surface area contributed by atoms with E-state index in [-0.39, 0.29) is 36.6 Å². The van der Waals surface area contributed by atoms with Crippen molar-refractivity contribution in [3.8, 4) is 0 Å². The Kier molecular flexibility index (Phi) is 12.0. The van der Waals surface area contributed by atoms with Crippen molar-refractivity contribution in [3.63, 3.8) is 0 Å². The summed E-state index contributed by atoms with van der Waals surface area (Å²) >= 11 is 0. The lowest BCUT2D eigenvalue weighted by Crippen LogP contribution is -3.00. The van der Waals surface area contributed by atoms with E-state index in [2.05, 4.69) is 20.6 Å². The van der Waals surface area contributed by atoms with Crippen LogP contribution < -0.4 is 35.4 Å². The fraction of sp³-hybridized carbons (Fsp3) is 0.294. The highest BCUT2D eigenvalue weighted by atomic mass is 35.5. The maximum Gasteiger partial charge on any atom is 0.252 e. The van der Waals surface area contributed by atoms with Gasteiger partial charge in [-0.05, 0) is 43.5 Å². The minimum Gasteiger partial charge on any atom is -1.00 e. The number of hydrogen-bond acceptors (Lipinski definition) is 4. The molecular formula is C17H20Cl2N4O2-2. The van der Waals surface area contributed by atoms with E-state index in [0.29, 0.717) is 24.2 Å². The Morgan fingerprint density at radius 3 is 1.56 bits per heavy atom. The van der Waals surface area contributed by atoms with Crippen LogP contribution in [0.2, 0.25) is 0 Å². The van der Waals surface area contributed by atoms with E-state index in [1.807, 2.05) is 0 Å². The molecule has 2 rings (SSSR count). The molecule has 0 unspecified atom stereocenters. The third-order valence-corrected chi connectivity index (χ3v) is 3.27. The highest BCUT2D eigenvalue weighted by molar-refractivity contribution is 5.94. The molecule has 0 saturated heterocycles. The van der Waals surface area contributed by atoms with Crippen LogP contribution in [-0.2, 0) is 0 Å². The Hall–Kier alpha value is -2.18. The quantitative estimate of drug-likeness (QED) is 0.453. The van der Waals surface area contributed by atoms with Crippen molar-refractivity contribution in [2.75, 3.05) is 13.1 Å². The van der Waals surface area contributed by atoms with Crippen LogP contribution in [0.25, 0.3) is 0 Å². The van der Waals surface area contributed by atoms with Crippen molar-refractivity contribution in [1.82, 2.24) is 20.6 Å². The summed E-state index contributed by atoms with van der Waals surface area (Å²) in [6.45, 7) is 1.23. The number of pyridine rings is 2. The minimum absolute atomic E-state index is 0. The molecule has 2 heterocycles. The van der Waals surface area contributed by atoms with Crippen LogP contribution in [-0.4, -0.2) is 34.9 Å². The third kappa shape index (κ3) is 8.47. The molecule has 136 valence electrons. The lowest BCUT2D eigenvalue weighted by Gasteiger charge is -2.06. The van der Waals surface area contributed by atoms with Gasteiger partial charge in [-0.3, -0.25) is 19.6 Å². The van der Waals surface area contributed by atoms with Crippen molar-refractivity contribution >= 4 is 11.8 Å². The van der Waals surface area contributed by atoms with Gasteiger partial charge in [0.1, 0.15) is 0 Å². The molecule has 0 aliphatic heterocycles. The summed E-state index contributed by atoms with van der Waals surface area (Å²) < 4.78 is 0. The second-order valence-electron chi connectivity index (χ2n) is 5.06. The molecule has 25 heavy (non-hydrogen) atoms. The molecule has 0 radical (unpaired) electrons. The summed E-state index contributed by atoms with van der Waals surface area (Å²) in [5.74, 6) is -0.217. The van der Waals surface area contributed by atoms with Crippen LogP contribution in [0.3, 0.4) is 0 Å². The molecular weight excluding hydrogens is 363 g/mol. The number of aromatic nitrogens is 2. The average Bonchev–Trinajstić information content (AvgIpc) is 2.62. The molecule has 8 heteroatoms. The maximum absolute atomic E-state index is 11.8. The molecule has 0 bridgehead atoms. The molecule has 0 aliphatic rings. The van der Waals surface area contributed by atoms with Gasteiger partial charge in [-0.2, -0.15) is 0 Å². The number of carbonyl (C=O) groups is 2. The highest BCUT2D eigenvalue weighted by Crippen LogP contribution is 1.98. The van der Waals surface area contributed by atoms with Gasteiger partial charge < -0.3 is 35.4 Å². The predicted octanol–water partition coefficient (Wildman–Crippen LogP) is -4.19. The van der Waals surface area contributed by atoms with Crippen molar-refractivity contribution in [2.45, 2.75) is 19.3 Å². The van der Waals surface area contributed by atoms with E-state index < -0.39 is 0 Å². The zero-order valence-corrected chi connectivity index (χ0v) is 15.1. The lowest BCUT2D eigenvalue weighted by molar-refractivity contribution is -0.00100. The van der Waals surface area contributed by atoms with Gasteiger partial charge in [0.05, 0.1) is 11.1 Å². The van der Waals surface area contributed by atoms with E-state index in [0.717, 1.165) is 19.3 Å². The average molecular weight is 383 g/mol. The Morgan fingerprint density at radius 2 is 1.20 bits per heavy atom. The first-order valence-corrected chi connectivity index (χ1v) is 7.64. The first-order chi connectivity index (χ1) is 11.3. The SMILES string of the molecule is O=C(NCCCCCNC(=O)c1cccnc1)c1cccnc1.[Cl-].[Cl-]. The fourth-order valence-corrected chi connectivity index (χ4v) is 2.03. The second-order valence-corrected chi connectivity index (χ2v) is 5.06. The molecule has 0 aliphatic carbocycles. The second kappa shape index (κ2) is 13.1. The molecule has 0 saturated carbocycles. The van der Waals surface area contributed by atoms with Crippen LogP contribution in [0, 0.1) is 0 Å². The summed E-state index contributed by atoms with van der Waals surface area (Å²) in [6.07, 6.45) is 9.03. The van der Waals surface area contributed by atoms with Gasteiger partial charge in [-0.25, -0.2) is 0 Å². The molecule has 0 fully saturated rings. The van der Waals surface area contributed by atoms with Crippen LogP contribution in [0.1, 0.15) is 40.0 Å². The Labute approximate surface area is 159 Å². The number of nitrogens with zero attached hydrogens (tertiary/aromatic N) is 2. The number of unbranched alkanes of at least 4 members (excludes halogenated alkanes) is 2. The molecule has 2 N–H and O–H groups in total. The fourth-order valence-electron chi connectivity index (χ4n) is 2.03. The van der Waals surface area contributed by atoms with Crippen LogP contribution in [0.15, 0.2) is 49.1 Å². The van der Waals surface area contributed by atoms with Crippen molar-refractivity contribution in [2.24, 2.45) is 0 Å². The summed E-state index contributed by atoms with van der Waals surface area (Å²) in [5.41, 5.74) is 1.13. The number of halogens is 2. The summed E-state index contributed by atoms with van der Waals surface area (Å²) in [7, 11) is 0. The monoisotopic (exact) mass is 382 g/mol. The zero-order chi connectivity index (χ0) is 16.3. The van der Waals surface area contributed by atoms with Gasteiger partial charge in [-0.1, -0.05) is 0 Å². The first-order valence-electron chi connectivity index (χ1n) is 7.64. The van der Waals surface area contributed by atoms with Gasteiger partial charge in [0, 0.05) is 37.9 Å². The standard InChI is InChI=1S/C17H20N4O2.2ClH/c22-16(14-6-4-8-18-12-14)20-10-2-1-3-11-21-17(23)15-7-5-9-19-13-15;;/h4-9,12-13H,1-3,10-11H2,(H,20,22)(H,21,23);2*1H/p-2. The third-order valence-electron chi connectivity index (χ3n) is 3.27. The smallest absolute Gasteiger partial charge is 0.252 e. The van der Waals surface area contributed by atoms with Crippen molar-refractivity contribution in [3.05, 3.63) is 60.2 Å². The van der Waals surface area contributed by atoms with Crippen LogP contribution in [0.4, 0.5) is 0 Å². The van der Waals surface area contributed by atoms with E-state index >= 15 is 0 Å². The summed E-state index contributed by atoms with van der Waals surface area (Å²) in [5, 5.41) is 5.70.